The van der Waals surface area contributed by atoms with Gasteiger partial charge < -0.3 is 26.1 Å². The third-order valence-electron chi connectivity index (χ3n) is 4.73. The van der Waals surface area contributed by atoms with Gasteiger partial charge in [-0.25, -0.2) is 0 Å². The van der Waals surface area contributed by atoms with Crippen molar-refractivity contribution in [3.05, 3.63) is 54.2 Å². The van der Waals surface area contributed by atoms with E-state index in [4.69, 9.17) is 10.5 Å². The minimum absolute atomic E-state index is 0.0559. The van der Waals surface area contributed by atoms with Gasteiger partial charge in [0, 0.05) is 30.1 Å². The molecule has 7 heteroatoms. The zero-order chi connectivity index (χ0) is 20.6. The van der Waals surface area contributed by atoms with Crippen molar-refractivity contribution in [2.45, 2.75) is 25.7 Å². The van der Waals surface area contributed by atoms with Gasteiger partial charge in [0.25, 0.3) is 5.91 Å². The number of rotatable bonds is 9. The van der Waals surface area contributed by atoms with Gasteiger partial charge in [-0.15, -0.1) is 0 Å². The van der Waals surface area contributed by atoms with Crippen LogP contribution in [0.1, 0.15) is 36.0 Å². The summed E-state index contributed by atoms with van der Waals surface area (Å²) in [7, 11) is 1.60. The van der Waals surface area contributed by atoms with Gasteiger partial charge in [0.2, 0.25) is 5.91 Å². The molecule has 1 aromatic heterocycles. The molecule has 29 heavy (non-hydrogen) atoms. The van der Waals surface area contributed by atoms with Gasteiger partial charge in [-0.2, -0.15) is 0 Å². The highest BCUT2D eigenvalue weighted by atomic mass is 16.5. The molecule has 3 aromatic rings. The van der Waals surface area contributed by atoms with E-state index in [1.165, 1.54) is 0 Å². The Hall–Kier alpha value is -3.48. The van der Waals surface area contributed by atoms with Crippen LogP contribution in [0.5, 0.6) is 5.75 Å². The summed E-state index contributed by atoms with van der Waals surface area (Å²) in [6.45, 7) is 0.558. The van der Waals surface area contributed by atoms with Gasteiger partial charge in [-0.1, -0.05) is 18.6 Å². The van der Waals surface area contributed by atoms with E-state index in [0.29, 0.717) is 35.7 Å². The van der Waals surface area contributed by atoms with Gasteiger partial charge in [-0.3, -0.25) is 9.59 Å². The first-order valence-corrected chi connectivity index (χ1v) is 9.66. The van der Waals surface area contributed by atoms with Gasteiger partial charge in [0.15, 0.2) is 0 Å². The highest BCUT2D eigenvalue weighted by molar-refractivity contribution is 6.07. The minimum Gasteiger partial charge on any atom is -0.497 e. The summed E-state index contributed by atoms with van der Waals surface area (Å²) in [5.41, 5.74) is 8.50. The van der Waals surface area contributed by atoms with E-state index in [-0.39, 0.29) is 11.8 Å². The third-order valence-corrected chi connectivity index (χ3v) is 4.73. The van der Waals surface area contributed by atoms with Crippen molar-refractivity contribution in [2.24, 2.45) is 0 Å². The van der Waals surface area contributed by atoms with E-state index >= 15 is 0 Å². The summed E-state index contributed by atoms with van der Waals surface area (Å²) < 4.78 is 5.23. The molecule has 1 heterocycles. The lowest BCUT2D eigenvalue weighted by Crippen LogP contribution is -2.24. The van der Waals surface area contributed by atoms with Crippen molar-refractivity contribution in [2.75, 3.05) is 24.7 Å². The van der Waals surface area contributed by atoms with Crippen LogP contribution in [0, 0.1) is 0 Å². The largest absolute Gasteiger partial charge is 0.497 e. The molecule has 3 rings (SSSR count). The molecule has 0 atom stereocenters. The monoisotopic (exact) mass is 394 g/mol. The zero-order valence-electron chi connectivity index (χ0n) is 16.5. The first kappa shape index (κ1) is 20.3. The highest BCUT2D eigenvalue weighted by Crippen LogP contribution is 2.23. The number of nitrogen functional groups attached to an aromatic ring is 1. The first-order chi connectivity index (χ1) is 14.1. The number of hydrogen-bond acceptors (Lipinski definition) is 4. The number of unbranched alkanes of at least 4 members (excludes halogenated alkanes) is 2. The lowest BCUT2D eigenvalue weighted by molar-refractivity contribution is -0.116. The first-order valence-electron chi connectivity index (χ1n) is 9.66. The van der Waals surface area contributed by atoms with Crippen LogP contribution in [0.3, 0.4) is 0 Å². The summed E-state index contributed by atoms with van der Waals surface area (Å²) in [6, 6.07) is 12.8. The summed E-state index contributed by atoms with van der Waals surface area (Å²) >= 11 is 0. The Balaban J connectivity index is 1.38. The second kappa shape index (κ2) is 9.64. The molecule has 0 radical (unpaired) electrons. The average Bonchev–Trinajstić information content (AvgIpc) is 3.15. The van der Waals surface area contributed by atoms with E-state index in [9.17, 15) is 9.59 Å². The number of nitrogens with two attached hydrogens (primary N) is 1. The molecule has 0 saturated heterocycles. The van der Waals surface area contributed by atoms with Crippen LogP contribution in [0.2, 0.25) is 0 Å². The van der Waals surface area contributed by atoms with Crippen molar-refractivity contribution in [3.8, 4) is 5.75 Å². The third kappa shape index (κ3) is 5.28. The normalized spacial score (nSPS) is 10.7. The quantitative estimate of drug-likeness (QED) is 0.328. The fourth-order valence-corrected chi connectivity index (χ4v) is 3.12. The van der Waals surface area contributed by atoms with Gasteiger partial charge >= 0.3 is 0 Å². The maximum Gasteiger partial charge on any atom is 0.253 e. The maximum absolute atomic E-state index is 12.4. The van der Waals surface area contributed by atoms with E-state index in [2.05, 4.69) is 15.6 Å². The molecule has 2 amide bonds. The number of nitrogens with one attached hydrogen (secondary N) is 3. The number of aromatic nitrogens is 1. The molecule has 7 nitrogen and oxygen atoms in total. The van der Waals surface area contributed by atoms with Crippen LogP contribution < -0.4 is 21.1 Å². The Labute approximate surface area is 169 Å². The van der Waals surface area contributed by atoms with E-state index < -0.39 is 0 Å². The lowest BCUT2D eigenvalue weighted by Gasteiger charge is -2.08. The number of fused-ring (bicyclic) bond motifs is 1. The fourth-order valence-electron chi connectivity index (χ4n) is 3.12. The average molecular weight is 394 g/mol. The summed E-state index contributed by atoms with van der Waals surface area (Å²) in [4.78, 5) is 27.5. The predicted molar refractivity (Wildman–Crippen MR) is 115 cm³/mol. The number of amides is 2. The van der Waals surface area contributed by atoms with Crippen LogP contribution >= 0.6 is 0 Å². The number of methoxy groups -OCH3 is 1. The van der Waals surface area contributed by atoms with Crippen LogP contribution in [0.15, 0.2) is 48.7 Å². The Kier molecular flexibility index (Phi) is 6.73. The highest BCUT2D eigenvalue weighted by Gasteiger charge is 2.12. The topological polar surface area (TPSA) is 109 Å². The molecule has 5 N–H and O–H groups in total. The Morgan fingerprint density at radius 1 is 1.10 bits per heavy atom. The number of benzene rings is 2. The summed E-state index contributed by atoms with van der Waals surface area (Å²) in [5, 5.41) is 6.58. The molecule has 0 aliphatic heterocycles. The Morgan fingerprint density at radius 2 is 1.93 bits per heavy atom. The second-order valence-electron chi connectivity index (χ2n) is 6.82. The molecule has 2 aromatic carbocycles. The van der Waals surface area contributed by atoms with Gasteiger partial charge in [0.1, 0.15) is 5.75 Å². The van der Waals surface area contributed by atoms with Crippen molar-refractivity contribution < 1.29 is 14.3 Å². The molecule has 0 saturated carbocycles. The number of anilines is 2. The van der Waals surface area contributed by atoms with Gasteiger partial charge in [0.05, 0.1) is 24.0 Å². The minimum atomic E-state index is -0.123. The Bertz CT molecular complexity index is 997. The van der Waals surface area contributed by atoms with Crippen LogP contribution in [0.4, 0.5) is 11.4 Å². The van der Waals surface area contributed by atoms with E-state index in [0.717, 1.165) is 30.2 Å². The number of carbonyl (C=O) groups excluding carboxylic acids is 2. The molecule has 0 bridgehead atoms. The molecular weight excluding hydrogens is 368 g/mol. The van der Waals surface area contributed by atoms with Crippen LogP contribution in [-0.4, -0.2) is 30.5 Å². The smallest absolute Gasteiger partial charge is 0.253 e. The van der Waals surface area contributed by atoms with Crippen LogP contribution in [0.25, 0.3) is 10.9 Å². The number of carbonyl (C=O) groups is 2. The van der Waals surface area contributed by atoms with E-state index in [1.807, 2.05) is 30.3 Å². The number of ether oxygens (including phenoxy) is 1. The number of aromatic amines is 1. The SMILES string of the molecule is COc1ccc2[nH]cc(C(=O)NCCCCCC(=O)Nc3ccccc3N)c2c1. The van der Waals surface area contributed by atoms with Crippen molar-refractivity contribution in [3.63, 3.8) is 0 Å². The Morgan fingerprint density at radius 3 is 2.72 bits per heavy atom. The predicted octanol–water partition coefficient (Wildman–Crippen LogP) is 3.69. The molecule has 0 unspecified atom stereocenters. The van der Waals surface area contributed by atoms with Gasteiger partial charge in [-0.05, 0) is 43.2 Å². The maximum atomic E-state index is 12.4. The second-order valence-corrected chi connectivity index (χ2v) is 6.82. The fraction of sp³-hybridized carbons (Fsp3) is 0.273. The molecular formula is C22H26N4O3. The molecule has 152 valence electrons. The number of para-hydroxylation sites is 2. The zero-order valence-corrected chi connectivity index (χ0v) is 16.5. The number of hydrogen-bond donors (Lipinski definition) is 4. The van der Waals surface area contributed by atoms with E-state index in [1.54, 1.807) is 25.4 Å². The van der Waals surface area contributed by atoms with Crippen molar-refractivity contribution >= 4 is 34.1 Å². The van der Waals surface area contributed by atoms with Crippen LogP contribution in [-0.2, 0) is 4.79 Å². The lowest BCUT2D eigenvalue weighted by atomic mass is 10.1. The molecule has 0 aliphatic rings. The molecule has 0 fully saturated rings. The standard InChI is InChI=1S/C22H26N4O3/c1-29-15-10-11-19-16(13-15)17(14-25-19)22(28)24-12-6-2-3-9-21(27)26-20-8-5-4-7-18(20)23/h4-5,7-8,10-11,13-14,25H,2-3,6,9,12,23H2,1H3,(H,24,28)(H,26,27). The molecule has 0 spiro atoms. The van der Waals surface area contributed by atoms with Crippen molar-refractivity contribution in [1.82, 2.24) is 10.3 Å². The van der Waals surface area contributed by atoms with Crippen molar-refractivity contribution in [1.29, 1.82) is 0 Å². The molecule has 0 aliphatic carbocycles. The summed E-state index contributed by atoms with van der Waals surface area (Å²) in [6.07, 6.45) is 4.53. The summed E-state index contributed by atoms with van der Waals surface area (Å²) in [5.74, 6) is 0.531. The number of H-pyrrole nitrogens is 1.